The van der Waals surface area contributed by atoms with Gasteiger partial charge in [0.15, 0.2) is 0 Å². The van der Waals surface area contributed by atoms with Gasteiger partial charge in [0.25, 0.3) is 0 Å². The summed E-state index contributed by atoms with van der Waals surface area (Å²) < 4.78 is 27.7. The van der Waals surface area contributed by atoms with E-state index in [1.807, 2.05) is 42.2 Å². The van der Waals surface area contributed by atoms with Crippen molar-refractivity contribution in [3.63, 3.8) is 0 Å². The molecule has 0 aromatic heterocycles. The topological polar surface area (TPSA) is 73.0 Å². The fourth-order valence-electron chi connectivity index (χ4n) is 5.58. The Kier molecular flexibility index (Phi) is 8.50. The van der Waals surface area contributed by atoms with E-state index in [4.69, 9.17) is 0 Å². The number of benzene rings is 2. The highest BCUT2D eigenvalue weighted by Gasteiger charge is 2.36. The predicted molar refractivity (Wildman–Crippen MR) is 144 cm³/mol. The third kappa shape index (κ3) is 6.35. The third-order valence-electron chi connectivity index (χ3n) is 7.47. The number of nitrogens with zero attached hydrogens (tertiary/aromatic N) is 3. The van der Waals surface area contributed by atoms with Crippen molar-refractivity contribution in [2.75, 3.05) is 32.7 Å². The lowest BCUT2D eigenvalue weighted by Crippen LogP contribution is -2.62. The minimum absolute atomic E-state index is 0.0213. The zero-order chi connectivity index (χ0) is 25.9. The molecule has 0 spiro atoms. The molecular weight excluding hydrogens is 472 g/mol. The Morgan fingerprint density at radius 2 is 1.69 bits per heavy atom. The lowest BCUT2D eigenvalue weighted by atomic mass is 9.99. The van der Waals surface area contributed by atoms with Crippen molar-refractivity contribution >= 4 is 15.9 Å². The van der Waals surface area contributed by atoms with Gasteiger partial charge in [-0.2, -0.15) is 0 Å². The summed E-state index contributed by atoms with van der Waals surface area (Å²) in [6.45, 7) is 12.4. The lowest BCUT2D eigenvalue weighted by Gasteiger charge is -2.43. The molecule has 196 valence electrons. The van der Waals surface area contributed by atoms with Crippen LogP contribution >= 0.6 is 0 Å². The fraction of sp³-hybridized carbons (Fsp3) is 0.536. The summed E-state index contributed by atoms with van der Waals surface area (Å²) in [7, 11) is -3.38. The molecule has 1 N–H and O–H groups in total. The summed E-state index contributed by atoms with van der Waals surface area (Å²) in [5, 5.41) is 3.66. The second-order valence-corrected chi connectivity index (χ2v) is 12.3. The van der Waals surface area contributed by atoms with Gasteiger partial charge in [0, 0.05) is 51.7 Å². The molecule has 0 saturated carbocycles. The van der Waals surface area contributed by atoms with E-state index in [-0.39, 0.29) is 23.9 Å². The molecule has 36 heavy (non-hydrogen) atoms. The monoisotopic (exact) mass is 512 g/mol. The van der Waals surface area contributed by atoms with Crippen molar-refractivity contribution in [1.29, 1.82) is 0 Å². The fourth-order valence-corrected chi connectivity index (χ4v) is 7.16. The highest BCUT2D eigenvalue weighted by Crippen LogP contribution is 2.22. The molecule has 7 nitrogen and oxygen atoms in total. The highest BCUT2D eigenvalue weighted by molar-refractivity contribution is 7.88. The van der Waals surface area contributed by atoms with E-state index in [2.05, 4.69) is 43.1 Å². The van der Waals surface area contributed by atoms with E-state index in [9.17, 15) is 13.2 Å². The number of hydrogen-bond acceptors (Lipinski definition) is 5. The summed E-state index contributed by atoms with van der Waals surface area (Å²) in [6.07, 6.45) is 1.09. The van der Waals surface area contributed by atoms with Crippen LogP contribution in [-0.4, -0.2) is 73.4 Å². The van der Waals surface area contributed by atoms with Gasteiger partial charge in [-0.05, 0) is 49.4 Å². The molecule has 2 fully saturated rings. The molecule has 2 heterocycles. The molecule has 8 heteroatoms. The number of carbonyl (C=O) groups excluding carboxylic acids is 1. The zero-order valence-corrected chi connectivity index (χ0v) is 22.9. The number of hydrogen-bond donors (Lipinski definition) is 1. The van der Waals surface area contributed by atoms with Gasteiger partial charge in [0.05, 0.1) is 11.9 Å². The SMILES string of the molecule is CCC(=O)N1CCN(Cc2c(C)cc(C)cc2C)C[C@H]1NC1CCN(S(=O)(=O)Cc2ccccc2)C1. The lowest BCUT2D eigenvalue weighted by molar-refractivity contribution is -0.137. The van der Waals surface area contributed by atoms with Crippen LogP contribution < -0.4 is 5.32 Å². The maximum atomic E-state index is 13.0. The van der Waals surface area contributed by atoms with Crippen LogP contribution in [-0.2, 0) is 27.1 Å². The predicted octanol–water partition coefficient (Wildman–Crippen LogP) is 3.19. The molecule has 0 radical (unpaired) electrons. The normalized spacial score (nSPS) is 21.7. The van der Waals surface area contributed by atoms with E-state index < -0.39 is 10.0 Å². The zero-order valence-electron chi connectivity index (χ0n) is 22.0. The molecule has 2 saturated heterocycles. The number of amides is 1. The number of rotatable bonds is 8. The van der Waals surface area contributed by atoms with Gasteiger partial charge in [-0.25, -0.2) is 12.7 Å². The van der Waals surface area contributed by atoms with E-state index in [1.165, 1.54) is 22.3 Å². The molecule has 2 aromatic carbocycles. The molecule has 2 atom stereocenters. The average Bonchev–Trinajstić information content (AvgIpc) is 3.31. The third-order valence-corrected chi connectivity index (χ3v) is 9.29. The first-order chi connectivity index (χ1) is 17.2. The molecular formula is C28H40N4O3S. The Morgan fingerprint density at radius 3 is 2.36 bits per heavy atom. The van der Waals surface area contributed by atoms with Crippen molar-refractivity contribution in [2.24, 2.45) is 0 Å². The van der Waals surface area contributed by atoms with Crippen molar-refractivity contribution in [1.82, 2.24) is 19.4 Å². The minimum Gasteiger partial charge on any atom is -0.325 e. The van der Waals surface area contributed by atoms with Gasteiger partial charge in [-0.15, -0.1) is 0 Å². The van der Waals surface area contributed by atoms with E-state index >= 15 is 0 Å². The number of piperazine rings is 1. The first kappa shape index (κ1) is 26.8. The summed E-state index contributed by atoms with van der Waals surface area (Å²) in [4.78, 5) is 17.1. The summed E-state index contributed by atoms with van der Waals surface area (Å²) >= 11 is 0. The minimum atomic E-state index is -3.38. The Morgan fingerprint density at radius 1 is 1.00 bits per heavy atom. The van der Waals surface area contributed by atoms with E-state index in [1.54, 1.807) is 4.31 Å². The van der Waals surface area contributed by atoms with Crippen molar-refractivity contribution in [3.05, 3.63) is 70.3 Å². The Bertz CT molecular complexity index is 1150. The highest BCUT2D eigenvalue weighted by atomic mass is 32.2. The first-order valence-electron chi connectivity index (χ1n) is 13.0. The molecule has 1 unspecified atom stereocenters. The van der Waals surface area contributed by atoms with Crippen LogP contribution in [0.2, 0.25) is 0 Å². The molecule has 1 amide bonds. The maximum Gasteiger partial charge on any atom is 0.223 e. The average molecular weight is 513 g/mol. The quantitative estimate of drug-likeness (QED) is 0.588. The van der Waals surface area contributed by atoms with E-state index in [0.717, 1.165) is 31.6 Å². The smallest absolute Gasteiger partial charge is 0.223 e. The van der Waals surface area contributed by atoms with Crippen LogP contribution in [0.5, 0.6) is 0 Å². The maximum absolute atomic E-state index is 13.0. The standard InChI is InChI=1S/C28H40N4O3S/c1-5-28(33)32-14-13-30(18-26-22(3)15-21(2)16-23(26)4)19-27(32)29-25-11-12-31(17-25)36(34,35)20-24-9-7-6-8-10-24/h6-10,15-16,25,27,29H,5,11-14,17-20H2,1-4H3/t25?,27-/m0/s1. The summed E-state index contributed by atoms with van der Waals surface area (Å²) in [6, 6.07) is 13.8. The largest absolute Gasteiger partial charge is 0.325 e. The second-order valence-electron chi connectivity index (χ2n) is 10.3. The van der Waals surface area contributed by atoms with Crippen molar-refractivity contribution in [2.45, 2.75) is 65.0 Å². The molecule has 4 rings (SSSR count). The molecule has 2 aliphatic heterocycles. The Hall–Kier alpha value is -2.26. The summed E-state index contributed by atoms with van der Waals surface area (Å²) in [5.74, 6) is 0.161. The Labute approximate surface area is 216 Å². The summed E-state index contributed by atoms with van der Waals surface area (Å²) in [5.41, 5.74) is 6.05. The van der Waals surface area contributed by atoms with Crippen LogP contribution in [0.4, 0.5) is 0 Å². The van der Waals surface area contributed by atoms with Gasteiger partial charge in [0.2, 0.25) is 15.9 Å². The van der Waals surface area contributed by atoms with Gasteiger partial charge in [-0.1, -0.05) is 55.0 Å². The molecule has 2 aliphatic rings. The van der Waals surface area contributed by atoms with Gasteiger partial charge >= 0.3 is 0 Å². The van der Waals surface area contributed by atoms with Crippen LogP contribution in [0.25, 0.3) is 0 Å². The van der Waals surface area contributed by atoms with Crippen LogP contribution in [0.1, 0.15) is 47.6 Å². The van der Waals surface area contributed by atoms with Crippen LogP contribution in [0.3, 0.4) is 0 Å². The van der Waals surface area contributed by atoms with Gasteiger partial charge < -0.3 is 4.90 Å². The van der Waals surface area contributed by atoms with Crippen LogP contribution in [0.15, 0.2) is 42.5 Å². The Balaban J connectivity index is 1.42. The first-order valence-corrected chi connectivity index (χ1v) is 14.6. The number of aryl methyl sites for hydroxylation is 3. The molecule has 2 aromatic rings. The second kappa shape index (κ2) is 11.4. The van der Waals surface area contributed by atoms with Crippen molar-refractivity contribution in [3.8, 4) is 0 Å². The number of nitrogens with one attached hydrogen (secondary N) is 1. The molecule has 0 bridgehead atoms. The van der Waals surface area contributed by atoms with Gasteiger partial charge in [-0.3, -0.25) is 15.0 Å². The molecule has 0 aliphatic carbocycles. The number of sulfonamides is 1. The number of carbonyl (C=O) groups is 1. The van der Waals surface area contributed by atoms with Crippen molar-refractivity contribution < 1.29 is 13.2 Å². The van der Waals surface area contributed by atoms with Crippen LogP contribution in [0, 0.1) is 20.8 Å². The van der Waals surface area contributed by atoms with E-state index in [0.29, 0.717) is 26.1 Å². The van der Waals surface area contributed by atoms with Gasteiger partial charge in [0.1, 0.15) is 0 Å².